The fourth-order valence-corrected chi connectivity index (χ4v) is 2.90. The van der Waals surface area contributed by atoms with Crippen LogP contribution in [-0.4, -0.2) is 5.78 Å². The van der Waals surface area contributed by atoms with Crippen LogP contribution < -0.4 is 0 Å². The molecule has 1 heteroatoms. The monoisotopic (exact) mass is 326 g/mol. The summed E-state index contributed by atoms with van der Waals surface area (Å²) < 4.78 is 0. The van der Waals surface area contributed by atoms with Gasteiger partial charge in [0.05, 0.1) is 0 Å². The molecular formula is C24H22O. The molecule has 0 N–H and O–H groups in total. The van der Waals surface area contributed by atoms with E-state index >= 15 is 0 Å². The Labute approximate surface area is 149 Å². The molecule has 1 aliphatic carbocycles. The van der Waals surface area contributed by atoms with Crippen molar-refractivity contribution in [3.05, 3.63) is 107 Å². The van der Waals surface area contributed by atoms with Gasteiger partial charge >= 0.3 is 0 Å². The number of carbonyl (C=O) groups is 1. The quantitative estimate of drug-likeness (QED) is 0.628. The minimum atomic E-state index is 0.182. The number of hydrogen-bond donors (Lipinski definition) is 0. The van der Waals surface area contributed by atoms with Crippen molar-refractivity contribution in [2.24, 2.45) is 0 Å². The molecule has 0 saturated heterocycles. The number of allylic oxidation sites excluding steroid dienone is 6. The van der Waals surface area contributed by atoms with Crippen molar-refractivity contribution in [3.8, 4) is 0 Å². The van der Waals surface area contributed by atoms with E-state index in [9.17, 15) is 4.79 Å². The Morgan fingerprint density at radius 3 is 1.52 bits per heavy atom. The highest BCUT2D eigenvalue weighted by Crippen LogP contribution is 2.25. The zero-order valence-corrected chi connectivity index (χ0v) is 14.3. The van der Waals surface area contributed by atoms with Gasteiger partial charge in [-0.2, -0.15) is 0 Å². The van der Waals surface area contributed by atoms with Gasteiger partial charge in [-0.05, 0) is 41.5 Å². The molecule has 1 nitrogen and oxygen atoms in total. The lowest BCUT2D eigenvalue weighted by molar-refractivity contribution is -0.113. The largest absolute Gasteiger partial charge is 0.289 e. The highest BCUT2D eigenvalue weighted by atomic mass is 16.1. The lowest BCUT2D eigenvalue weighted by atomic mass is 9.88. The molecule has 0 spiro atoms. The van der Waals surface area contributed by atoms with E-state index in [4.69, 9.17) is 0 Å². The van der Waals surface area contributed by atoms with E-state index in [-0.39, 0.29) is 5.78 Å². The lowest BCUT2D eigenvalue weighted by Crippen LogP contribution is -2.12. The number of benzene rings is 2. The molecule has 0 radical (unpaired) electrons. The third-order valence-electron chi connectivity index (χ3n) is 4.25. The maximum atomic E-state index is 12.6. The Balaban J connectivity index is 1.68. The van der Waals surface area contributed by atoms with Crippen molar-refractivity contribution < 1.29 is 4.79 Å². The maximum absolute atomic E-state index is 12.6. The number of ketones is 1. The number of rotatable bonds is 4. The molecule has 2 aromatic rings. The minimum absolute atomic E-state index is 0.182. The SMILES string of the molecule is O=C1/C(=C/C=C\c2ccccc2)CCC/C1=C\C=C/c1ccccc1. The Bertz CT molecular complexity index is 751. The number of hydrogen-bond acceptors (Lipinski definition) is 1. The van der Waals surface area contributed by atoms with Crippen molar-refractivity contribution in [2.75, 3.05) is 0 Å². The first-order valence-corrected chi connectivity index (χ1v) is 8.72. The fraction of sp³-hybridized carbons (Fsp3) is 0.125. The second kappa shape index (κ2) is 8.79. The lowest BCUT2D eigenvalue weighted by Gasteiger charge is -2.15. The molecule has 0 bridgehead atoms. The summed E-state index contributed by atoms with van der Waals surface area (Å²) in [5.74, 6) is 0.182. The van der Waals surface area contributed by atoms with Crippen LogP contribution >= 0.6 is 0 Å². The molecule has 0 aliphatic heterocycles. The van der Waals surface area contributed by atoms with E-state index in [1.54, 1.807) is 0 Å². The van der Waals surface area contributed by atoms with E-state index in [1.165, 1.54) is 0 Å². The zero-order chi connectivity index (χ0) is 17.3. The van der Waals surface area contributed by atoms with Gasteiger partial charge in [-0.3, -0.25) is 4.79 Å². The van der Waals surface area contributed by atoms with Crippen molar-refractivity contribution in [3.63, 3.8) is 0 Å². The summed E-state index contributed by atoms with van der Waals surface area (Å²) in [5.41, 5.74) is 4.09. The molecule has 0 unspecified atom stereocenters. The normalized spacial score (nSPS) is 18.6. The molecule has 1 saturated carbocycles. The van der Waals surface area contributed by atoms with Gasteiger partial charge in [0, 0.05) is 0 Å². The van der Waals surface area contributed by atoms with Crippen LogP contribution in [0.4, 0.5) is 0 Å². The predicted octanol–water partition coefficient (Wildman–Crippen LogP) is 6.02. The van der Waals surface area contributed by atoms with Crippen molar-refractivity contribution in [2.45, 2.75) is 19.3 Å². The Kier molecular flexibility index (Phi) is 5.95. The third kappa shape index (κ3) is 5.02. The average Bonchev–Trinajstić information content (AvgIpc) is 2.66. The smallest absolute Gasteiger partial charge is 0.184 e. The summed E-state index contributed by atoms with van der Waals surface area (Å²) in [5, 5.41) is 0. The van der Waals surface area contributed by atoms with Crippen LogP contribution in [0, 0.1) is 0 Å². The van der Waals surface area contributed by atoms with E-state index < -0.39 is 0 Å². The first-order valence-electron chi connectivity index (χ1n) is 8.72. The summed E-state index contributed by atoms with van der Waals surface area (Å²) in [6, 6.07) is 20.3. The Morgan fingerprint density at radius 1 is 0.640 bits per heavy atom. The van der Waals surface area contributed by atoms with Crippen molar-refractivity contribution in [1.29, 1.82) is 0 Å². The van der Waals surface area contributed by atoms with Gasteiger partial charge in [0.15, 0.2) is 5.78 Å². The summed E-state index contributed by atoms with van der Waals surface area (Å²) in [6.45, 7) is 0. The summed E-state index contributed by atoms with van der Waals surface area (Å²) >= 11 is 0. The van der Waals surface area contributed by atoms with Gasteiger partial charge in [0.25, 0.3) is 0 Å². The van der Waals surface area contributed by atoms with Gasteiger partial charge < -0.3 is 0 Å². The zero-order valence-electron chi connectivity index (χ0n) is 14.3. The van der Waals surface area contributed by atoms with Crippen molar-refractivity contribution in [1.82, 2.24) is 0 Å². The van der Waals surface area contributed by atoms with Crippen LogP contribution in [0.2, 0.25) is 0 Å². The summed E-state index contributed by atoms with van der Waals surface area (Å²) in [7, 11) is 0. The van der Waals surface area contributed by atoms with Crippen molar-refractivity contribution >= 4 is 17.9 Å². The first kappa shape index (κ1) is 16.9. The molecule has 3 rings (SSSR count). The van der Waals surface area contributed by atoms with Gasteiger partial charge in [-0.25, -0.2) is 0 Å². The highest BCUT2D eigenvalue weighted by Gasteiger charge is 2.18. The number of carbonyl (C=O) groups excluding carboxylic acids is 1. The van der Waals surface area contributed by atoms with Crippen LogP contribution in [0.5, 0.6) is 0 Å². The van der Waals surface area contributed by atoms with Gasteiger partial charge in [0.2, 0.25) is 0 Å². The molecule has 1 fully saturated rings. The highest BCUT2D eigenvalue weighted by molar-refractivity contribution is 6.09. The summed E-state index contributed by atoms with van der Waals surface area (Å²) in [4.78, 5) is 12.6. The van der Waals surface area contributed by atoms with Crippen LogP contribution in [0.25, 0.3) is 12.2 Å². The van der Waals surface area contributed by atoms with E-state index in [0.29, 0.717) is 0 Å². The molecule has 0 heterocycles. The predicted molar refractivity (Wildman–Crippen MR) is 106 cm³/mol. The number of Topliss-reactive ketones (excluding diaryl/α,β-unsaturated/α-hetero) is 1. The van der Waals surface area contributed by atoms with E-state index in [1.807, 2.05) is 72.9 Å². The second-order valence-corrected chi connectivity index (χ2v) is 6.11. The molecule has 0 aromatic heterocycles. The fourth-order valence-electron chi connectivity index (χ4n) is 2.90. The molecule has 0 atom stereocenters. The Morgan fingerprint density at radius 2 is 1.08 bits per heavy atom. The molecule has 25 heavy (non-hydrogen) atoms. The van der Waals surface area contributed by atoms with E-state index in [2.05, 4.69) is 24.3 Å². The standard InChI is InChI=1S/C24H22O/c25-24-22(16-7-14-20-10-3-1-4-11-20)18-9-19-23(24)17-8-15-21-12-5-2-6-13-21/h1-8,10-17H,9,18-19H2/b14-7-,15-8-,22-16+,23-17+. The van der Waals surface area contributed by atoms with Crippen LogP contribution in [0.15, 0.2) is 96.1 Å². The van der Waals surface area contributed by atoms with Gasteiger partial charge in [0.1, 0.15) is 0 Å². The topological polar surface area (TPSA) is 17.1 Å². The van der Waals surface area contributed by atoms with Crippen LogP contribution in [0.3, 0.4) is 0 Å². The minimum Gasteiger partial charge on any atom is -0.289 e. The van der Waals surface area contributed by atoms with Gasteiger partial charge in [-0.15, -0.1) is 0 Å². The van der Waals surface area contributed by atoms with Crippen LogP contribution in [0.1, 0.15) is 30.4 Å². The molecule has 1 aliphatic rings. The van der Waals surface area contributed by atoms with E-state index in [0.717, 1.165) is 41.5 Å². The molecule has 2 aromatic carbocycles. The second-order valence-electron chi connectivity index (χ2n) is 6.11. The molecule has 124 valence electrons. The third-order valence-corrected chi connectivity index (χ3v) is 4.25. The average molecular weight is 326 g/mol. The van der Waals surface area contributed by atoms with Gasteiger partial charge in [-0.1, -0.05) is 97.1 Å². The maximum Gasteiger partial charge on any atom is 0.184 e. The molecule has 0 amide bonds. The molecular weight excluding hydrogens is 304 g/mol. The first-order chi connectivity index (χ1) is 12.3. The Hall–Kier alpha value is -2.93. The van der Waals surface area contributed by atoms with Crippen LogP contribution in [-0.2, 0) is 4.79 Å². The summed E-state index contributed by atoms with van der Waals surface area (Å²) in [6.07, 6.45) is 14.7.